The van der Waals surface area contributed by atoms with E-state index in [9.17, 15) is 24.3 Å². The monoisotopic (exact) mass is 928 g/mol. The lowest BCUT2D eigenvalue weighted by atomic mass is 10.0. The second kappa shape index (κ2) is 21.9. The first-order valence-corrected chi connectivity index (χ1v) is 26.6. The molecule has 356 valence electrons. The third-order valence-corrected chi connectivity index (χ3v) is 18.4. The van der Waals surface area contributed by atoms with E-state index in [1.165, 1.54) is 6.07 Å². The second-order valence-electron chi connectivity index (χ2n) is 19.9. The third-order valence-electron chi connectivity index (χ3n) is 13.9. The smallest absolute Gasteiger partial charge is 0.411 e. The predicted octanol–water partition coefficient (Wildman–Crippen LogP) is 9.67. The number of aromatic amines is 1. The van der Waals surface area contributed by atoms with Crippen molar-refractivity contribution in [2.75, 3.05) is 50.4 Å². The number of unbranched alkanes of at least 4 members (excludes halogenated alkanes) is 1. The van der Waals surface area contributed by atoms with Crippen LogP contribution in [0.15, 0.2) is 108 Å². The summed E-state index contributed by atoms with van der Waals surface area (Å²) < 4.78 is 12.8. The zero-order valence-electron chi connectivity index (χ0n) is 39.9. The number of carbonyl (C=O) groups excluding carboxylic acids is 3. The molecule has 0 spiro atoms. The summed E-state index contributed by atoms with van der Waals surface area (Å²) in [4.78, 5) is 57.8. The number of amides is 3. The molecule has 2 unspecified atom stereocenters. The molecule has 1 saturated heterocycles. The average molecular weight is 929 g/mol. The van der Waals surface area contributed by atoms with Crippen molar-refractivity contribution in [3.63, 3.8) is 0 Å². The van der Waals surface area contributed by atoms with Gasteiger partial charge in [0.05, 0.1) is 17.3 Å². The van der Waals surface area contributed by atoms with E-state index in [-0.39, 0.29) is 40.4 Å². The fourth-order valence-corrected chi connectivity index (χ4v) is 10.4. The maximum absolute atomic E-state index is 13.0. The number of aromatic hydroxyl groups is 1. The summed E-state index contributed by atoms with van der Waals surface area (Å²) in [7, 11) is -0.378. The molecule has 5 N–H and O–H groups in total. The summed E-state index contributed by atoms with van der Waals surface area (Å²) in [6, 6.07) is 32.2. The lowest BCUT2D eigenvalue weighted by molar-refractivity contribution is -0.130. The van der Waals surface area contributed by atoms with Gasteiger partial charge in [-0.3, -0.25) is 19.7 Å². The molecule has 14 heteroatoms. The van der Waals surface area contributed by atoms with Gasteiger partial charge in [0, 0.05) is 81.9 Å². The first-order chi connectivity index (χ1) is 32.0. The van der Waals surface area contributed by atoms with E-state index in [2.05, 4.69) is 59.7 Å². The van der Waals surface area contributed by atoms with Gasteiger partial charge in [-0.1, -0.05) is 87.5 Å². The predicted molar refractivity (Wildman–Crippen MR) is 269 cm³/mol. The standard InChI is InChI=1S/C53H68N6O7Si/c1-53(2,3)67(5,6)66-47(43-23-25-46(60)51-44(43)24-26-49(62)57-51)33-54-32-36-19-21-40(22-20-36)55-48(61)18-12-13-28-58(4)50(63)27-29-59-34-38-30-41(31-39(38)35-59)65-52(64)56-45-17-11-10-16-42(45)37-14-8-7-9-15-37/h7-11,14-17,19-26,38-39,41,47,54,60H,12-13,18,27-35H2,1-6H3,(H,55,61)(H,56,64)(H,57,62)/t38?,39?,41?,47-/m0/s1. The van der Waals surface area contributed by atoms with Crippen molar-refractivity contribution < 1.29 is 28.7 Å². The highest BCUT2D eigenvalue weighted by molar-refractivity contribution is 6.74. The van der Waals surface area contributed by atoms with Gasteiger partial charge in [0.25, 0.3) is 0 Å². The highest BCUT2D eigenvalue weighted by Gasteiger charge is 2.43. The number of nitrogens with one attached hydrogen (secondary N) is 4. The van der Waals surface area contributed by atoms with Crippen LogP contribution in [0, 0.1) is 11.8 Å². The number of likely N-dealkylation sites (tertiary alicyclic amines) is 1. The molecule has 0 radical (unpaired) electrons. The summed E-state index contributed by atoms with van der Waals surface area (Å²) in [5.41, 5.74) is 5.50. The van der Waals surface area contributed by atoms with Crippen LogP contribution in [0.4, 0.5) is 16.2 Å². The van der Waals surface area contributed by atoms with Crippen LogP contribution in [0.1, 0.15) is 76.5 Å². The van der Waals surface area contributed by atoms with Crippen molar-refractivity contribution in [2.45, 2.75) is 96.2 Å². The number of ether oxygens (including phenoxy) is 1. The minimum atomic E-state index is -2.21. The lowest BCUT2D eigenvalue weighted by Crippen LogP contribution is -2.43. The van der Waals surface area contributed by atoms with E-state index in [0.717, 1.165) is 71.4 Å². The normalized spacial score (nSPS) is 17.8. The van der Waals surface area contributed by atoms with Gasteiger partial charge in [-0.15, -0.1) is 0 Å². The molecule has 3 amide bonds. The summed E-state index contributed by atoms with van der Waals surface area (Å²) >= 11 is 0. The van der Waals surface area contributed by atoms with Crippen LogP contribution < -0.4 is 21.5 Å². The third kappa shape index (κ3) is 13.0. The molecule has 67 heavy (non-hydrogen) atoms. The van der Waals surface area contributed by atoms with Crippen LogP contribution in [0.3, 0.4) is 0 Å². The summed E-state index contributed by atoms with van der Waals surface area (Å²) in [6.07, 6.45) is 3.04. The Morgan fingerprint density at radius 3 is 2.28 bits per heavy atom. The molecule has 3 atom stereocenters. The van der Waals surface area contributed by atoms with E-state index in [4.69, 9.17) is 9.16 Å². The van der Waals surface area contributed by atoms with Gasteiger partial charge < -0.3 is 39.7 Å². The van der Waals surface area contributed by atoms with Crippen molar-refractivity contribution in [1.82, 2.24) is 20.1 Å². The number of rotatable bonds is 19. The number of hydrogen-bond donors (Lipinski definition) is 5. The number of phenolic OH excluding ortho intramolecular Hbond substituents is 1. The quantitative estimate of drug-likeness (QED) is 0.0401. The van der Waals surface area contributed by atoms with Crippen molar-refractivity contribution in [2.24, 2.45) is 11.8 Å². The molecular weight excluding hydrogens is 861 g/mol. The zero-order chi connectivity index (χ0) is 47.7. The fourth-order valence-electron chi connectivity index (χ4n) is 9.14. The number of H-pyrrole nitrogens is 1. The maximum Gasteiger partial charge on any atom is 0.411 e. The number of anilines is 2. The number of fused-ring (bicyclic) bond motifs is 2. The number of para-hydroxylation sites is 1. The van der Waals surface area contributed by atoms with E-state index < -0.39 is 14.4 Å². The highest BCUT2D eigenvalue weighted by atomic mass is 28.4. The Labute approximate surface area is 395 Å². The Kier molecular flexibility index (Phi) is 16.0. The van der Waals surface area contributed by atoms with Crippen molar-refractivity contribution in [1.29, 1.82) is 0 Å². The Morgan fingerprint density at radius 1 is 0.866 bits per heavy atom. The minimum Gasteiger partial charge on any atom is -0.506 e. The van der Waals surface area contributed by atoms with E-state index in [0.29, 0.717) is 62.8 Å². The number of phenols is 1. The van der Waals surface area contributed by atoms with Gasteiger partial charge >= 0.3 is 6.09 Å². The topological polar surface area (TPSA) is 165 Å². The molecule has 13 nitrogen and oxygen atoms in total. The molecule has 0 bridgehead atoms. The summed E-state index contributed by atoms with van der Waals surface area (Å²) in [6.45, 7) is 15.2. The molecule has 7 rings (SSSR count). The van der Waals surface area contributed by atoms with Crippen LogP contribution >= 0.6 is 0 Å². The first kappa shape index (κ1) is 49.1. The number of pyridine rings is 1. The number of aromatic nitrogens is 1. The molecule has 4 aromatic carbocycles. The molecule has 2 fully saturated rings. The summed E-state index contributed by atoms with van der Waals surface area (Å²) in [5.74, 6) is 0.972. The molecule has 1 saturated carbocycles. The molecule has 1 aliphatic carbocycles. The van der Waals surface area contributed by atoms with Crippen LogP contribution in [-0.4, -0.2) is 92.0 Å². The highest BCUT2D eigenvalue weighted by Crippen LogP contribution is 2.42. The Bertz CT molecular complexity index is 2530. The lowest BCUT2D eigenvalue weighted by Gasteiger charge is -2.39. The summed E-state index contributed by atoms with van der Waals surface area (Å²) in [5, 5.41) is 20.8. The Morgan fingerprint density at radius 2 is 1.57 bits per heavy atom. The van der Waals surface area contributed by atoms with Crippen molar-refractivity contribution >= 4 is 48.5 Å². The Balaban J connectivity index is 0.776. The zero-order valence-corrected chi connectivity index (χ0v) is 40.9. The van der Waals surface area contributed by atoms with E-state index in [1.54, 1.807) is 17.0 Å². The largest absolute Gasteiger partial charge is 0.506 e. The number of benzene rings is 4. The first-order valence-electron chi connectivity index (χ1n) is 23.7. The Hall–Kier alpha value is -5.80. The van der Waals surface area contributed by atoms with Crippen molar-refractivity contribution in [3.05, 3.63) is 125 Å². The van der Waals surface area contributed by atoms with Crippen LogP contribution in [0.5, 0.6) is 5.75 Å². The van der Waals surface area contributed by atoms with Gasteiger partial charge in [0.2, 0.25) is 17.4 Å². The van der Waals surface area contributed by atoms with Crippen LogP contribution in [0.25, 0.3) is 22.0 Å². The van der Waals surface area contributed by atoms with Crippen LogP contribution in [-0.2, 0) is 25.3 Å². The van der Waals surface area contributed by atoms with Crippen LogP contribution in [0.2, 0.25) is 18.1 Å². The minimum absolute atomic E-state index is 0.0178. The van der Waals surface area contributed by atoms with Gasteiger partial charge in [-0.25, -0.2) is 4.79 Å². The maximum atomic E-state index is 13.0. The van der Waals surface area contributed by atoms with Gasteiger partial charge in [-0.05, 0) is 103 Å². The van der Waals surface area contributed by atoms with E-state index >= 15 is 0 Å². The number of carbonyl (C=O) groups is 3. The van der Waals surface area contributed by atoms with Gasteiger partial charge in [0.15, 0.2) is 8.32 Å². The number of hydrogen-bond acceptors (Lipinski definition) is 9. The number of nitrogens with zero attached hydrogens (tertiary/aromatic N) is 2. The van der Waals surface area contributed by atoms with E-state index in [1.807, 2.05) is 92.0 Å². The van der Waals surface area contributed by atoms with Gasteiger partial charge in [0.1, 0.15) is 11.9 Å². The molecule has 1 aromatic heterocycles. The molecular formula is C53H68N6O7Si. The van der Waals surface area contributed by atoms with Crippen molar-refractivity contribution in [3.8, 4) is 16.9 Å². The van der Waals surface area contributed by atoms with Gasteiger partial charge in [-0.2, -0.15) is 0 Å². The second-order valence-corrected chi connectivity index (χ2v) is 24.6. The molecule has 2 heterocycles. The molecule has 5 aromatic rings. The SMILES string of the molecule is CN(CCCCC(=O)Nc1ccc(CNC[C@H](O[Si](C)(C)C(C)(C)C)c2ccc(O)c3[nH]c(=O)ccc23)cc1)C(=O)CCN1CC2CC(OC(=O)Nc3ccccc3-c3ccccc3)CC2C1. The molecule has 2 aliphatic rings. The fraction of sp³-hybridized carbons (Fsp3) is 0.434. The average Bonchev–Trinajstić information content (AvgIpc) is 3.85. The molecule has 1 aliphatic heterocycles.